The van der Waals surface area contributed by atoms with Gasteiger partial charge in [-0.3, -0.25) is 0 Å². The van der Waals surface area contributed by atoms with E-state index in [1.54, 1.807) is 0 Å². The predicted molar refractivity (Wildman–Crippen MR) is 38.5 cm³/mol. The van der Waals surface area contributed by atoms with Crippen LogP contribution in [0.1, 0.15) is 26.2 Å². The van der Waals surface area contributed by atoms with Crippen LogP contribution in [-0.4, -0.2) is 15.0 Å². The molecular weight excluding hydrogens is 252 g/mol. The molecule has 0 aromatic rings. The Hall–Kier alpha value is 1.27. The minimum atomic E-state index is 0. The number of hydrogen-bond donors (Lipinski definition) is 1. The molecule has 8 heavy (non-hydrogen) atoms. The zero-order valence-electron chi connectivity index (χ0n) is 4.69. The first-order valence-corrected chi connectivity index (χ1v) is 2.62. The molecule has 0 aliphatic carbocycles. The smallest absolute Gasteiger partial charge is 0.0814 e. The summed E-state index contributed by atoms with van der Waals surface area (Å²) in [4.78, 5) is 0. The van der Waals surface area contributed by atoms with Gasteiger partial charge in [-0.1, -0.05) is 19.8 Å². The van der Waals surface area contributed by atoms with E-state index in [1.165, 1.54) is 19.3 Å². The third kappa shape index (κ3) is 15.7. The van der Waals surface area contributed by atoms with Crippen molar-refractivity contribution in [1.29, 1.82) is 0 Å². The number of hydrogen-bond acceptors (Lipinski definition) is 1. The van der Waals surface area contributed by atoms with Crippen molar-refractivity contribution in [3.8, 4) is 0 Å². The molecule has 0 radical (unpaired) electrons. The van der Waals surface area contributed by atoms with E-state index in [-0.39, 0.29) is 45.7 Å². The molecule has 0 aliphatic heterocycles. The summed E-state index contributed by atoms with van der Waals surface area (Å²) >= 11 is 0. The monoisotopic (exact) mass is 267 g/mol. The first-order chi connectivity index (χ1) is 2.91. The van der Waals surface area contributed by atoms with E-state index in [0.29, 0.717) is 0 Å². The minimum absolute atomic E-state index is 0. The Morgan fingerprint density at radius 2 is 1.75 bits per heavy atom. The Bertz CT molecular complexity index is 24.4. The number of rotatable bonds is 3. The molecule has 0 saturated heterocycles. The van der Waals surface area contributed by atoms with Gasteiger partial charge in [-0.05, 0) is 13.0 Å². The van der Waals surface area contributed by atoms with Crippen LogP contribution in [0.4, 0.5) is 0 Å². The van der Waals surface area contributed by atoms with Crippen molar-refractivity contribution in [3.05, 3.63) is 0 Å². The predicted octanol–water partition coefficient (Wildman–Crippen LogP) is -0.0486. The van der Waals surface area contributed by atoms with Gasteiger partial charge in [0, 0.05) is 37.3 Å². The molecule has 0 aliphatic rings. The summed E-state index contributed by atoms with van der Waals surface area (Å²) in [6, 6.07) is 0. The van der Waals surface area contributed by atoms with Crippen molar-refractivity contribution in [2.45, 2.75) is 26.2 Å². The van der Waals surface area contributed by atoms with Gasteiger partial charge in [0.2, 0.25) is 0 Å². The van der Waals surface area contributed by atoms with Crippen LogP contribution in [0.5, 0.6) is 0 Å². The molecule has 0 fully saturated rings. The SMILES string of the molecule is B.CCCCCN.[Er]. The standard InChI is InChI=1S/C5H13N.BH3.Er/c1-2-3-4-5-6;;/h2-6H2,1H3;1H3;. The zero-order chi connectivity index (χ0) is 4.83. The van der Waals surface area contributed by atoms with Gasteiger partial charge in [0.1, 0.15) is 0 Å². The van der Waals surface area contributed by atoms with Crippen molar-refractivity contribution in [3.63, 3.8) is 0 Å². The molecule has 0 bridgehead atoms. The summed E-state index contributed by atoms with van der Waals surface area (Å²) in [6.07, 6.45) is 3.75. The average Bonchev–Trinajstić information content (AvgIpc) is 1.61. The second kappa shape index (κ2) is 15.7. The number of unbranched alkanes of at least 4 members (excludes halogenated alkanes) is 2. The van der Waals surface area contributed by atoms with Gasteiger partial charge >= 0.3 is 0 Å². The van der Waals surface area contributed by atoms with Crippen LogP contribution in [0.2, 0.25) is 0 Å². The van der Waals surface area contributed by atoms with E-state index < -0.39 is 0 Å². The summed E-state index contributed by atoms with van der Waals surface area (Å²) in [5.41, 5.74) is 5.21. The van der Waals surface area contributed by atoms with Gasteiger partial charge in [-0.15, -0.1) is 0 Å². The summed E-state index contributed by atoms with van der Waals surface area (Å²) in [7, 11) is 0. The Balaban J connectivity index is -0.000000125. The maximum Gasteiger partial charge on any atom is 0.0814 e. The Morgan fingerprint density at radius 1 is 1.25 bits per heavy atom. The summed E-state index contributed by atoms with van der Waals surface area (Å²) < 4.78 is 0. The van der Waals surface area contributed by atoms with Crippen LogP contribution >= 0.6 is 0 Å². The van der Waals surface area contributed by atoms with Gasteiger partial charge in [0.05, 0.1) is 8.41 Å². The Labute approximate surface area is 83.6 Å². The maximum absolute atomic E-state index is 5.21. The van der Waals surface area contributed by atoms with Crippen molar-refractivity contribution < 1.29 is 37.3 Å². The van der Waals surface area contributed by atoms with Crippen LogP contribution < -0.4 is 5.73 Å². The molecular formula is C5H16BErN. The molecule has 0 aromatic heterocycles. The van der Waals surface area contributed by atoms with Crippen LogP contribution in [0.3, 0.4) is 0 Å². The fourth-order valence-corrected chi connectivity index (χ4v) is 0.394. The molecule has 0 aromatic carbocycles. The second-order valence-electron chi connectivity index (χ2n) is 1.50. The van der Waals surface area contributed by atoms with Crippen LogP contribution in [0, 0.1) is 37.3 Å². The second-order valence-corrected chi connectivity index (χ2v) is 1.50. The van der Waals surface area contributed by atoms with E-state index in [1.807, 2.05) is 0 Å². The normalized spacial score (nSPS) is 6.75. The molecule has 0 spiro atoms. The summed E-state index contributed by atoms with van der Waals surface area (Å²) in [5.74, 6) is 0. The molecule has 2 N–H and O–H groups in total. The molecule has 0 saturated carbocycles. The van der Waals surface area contributed by atoms with E-state index >= 15 is 0 Å². The minimum Gasteiger partial charge on any atom is -0.330 e. The van der Waals surface area contributed by atoms with E-state index in [9.17, 15) is 0 Å². The Morgan fingerprint density at radius 3 is 1.88 bits per heavy atom. The van der Waals surface area contributed by atoms with Crippen molar-refractivity contribution in [2.24, 2.45) is 5.73 Å². The van der Waals surface area contributed by atoms with Crippen LogP contribution in [-0.2, 0) is 0 Å². The van der Waals surface area contributed by atoms with E-state index in [0.717, 1.165) is 6.54 Å². The maximum atomic E-state index is 5.21. The van der Waals surface area contributed by atoms with Crippen LogP contribution in [0.25, 0.3) is 0 Å². The van der Waals surface area contributed by atoms with Gasteiger partial charge in [-0.25, -0.2) is 0 Å². The van der Waals surface area contributed by atoms with Gasteiger partial charge in [0.25, 0.3) is 0 Å². The quantitative estimate of drug-likeness (QED) is 0.564. The largest absolute Gasteiger partial charge is 0.330 e. The average molecular weight is 268 g/mol. The molecule has 3 heteroatoms. The van der Waals surface area contributed by atoms with E-state index in [2.05, 4.69) is 6.92 Å². The fraction of sp³-hybridized carbons (Fsp3) is 1.00. The molecule has 0 rings (SSSR count). The molecule has 0 amide bonds. The van der Waals surface area contributed by atoms with Crippen LogP contribution in [0.15, 0.2) is 0 Å². The molecule has 56 valence electrons. The molecule has 0 atom stereocenters. The summed E-state index contributed by atoms with van der Waals surface area (Å²) in [6.45, 7) is 3.03. The van der Waals surface area contributed by atoms with Gasteiger partial charge < -0.3 is 5.73 Å². The Kier molecular flexibility index (Phi) is 31.7. The molecule has 1 nitrogen and oxygen atoms in total. The molecule has 0 unspecified atom stereocenters. The topological polar surface area (TPSA) is 26.0 Å². The van der Waals surface area contributed by atoms with Crippen molar-refractivity contribution in [1.82, 2.24) is 0 Å². The first kappa shape index (κ1) is 16.1. The van der Waals surface area contributed by atoms with Crippen molar-refractivity contribution >= 4 is 8.41 Å². The van der Waals surface area contributed by atoms with Gasteiger partial charge in [0.15, 0.2) is 0 Å². The number of nitrogens with two attached hydrogens (primary N) is 1. The molecule has 0 heterocycles. The summed E-state index contributed by atoms with van der Waals surface area (Å²) in [5, 5.41) is 0. The third-order valence-corrected chi connectivity index (χ3v) is 0.808. The van der Waals surface area contributed by atoms with E-state index in [4.69, 9.17) is 5.73 Å². The van der Waals surface area contributed by atoms with Crippen molar-refractivity contribution in [2.75, 3.05) is 6.54 Å². The van der Waals surface area contributed by atoms with Gasteiger partial charge in [-0.2, -0.15) is 0 Å². The third-order valence-electron chi connectivity index (χ3n) is 0.808. The zero-order valence-corrected chi connectivity index (χ0v) is 6.55. The first-order valence-electron chi connectivity index (χ1n) is 2.62. The fourth-order valence-electron chi connectivity index (χ4n) is 0.394.